The van der Waals surface area contributed by atoms with Crippen LogP contribution in [-0.4, -0.2) is 4.98 Å². The Labute approximate surface area is 89.7 Å². The number of fused-ring (bicyclic) bond motifs is 1. The molecule has 2 aromatic rings. The lowest BCUT2D eigenvalue weighted by Gasteiger charge is -2.01. The highest BCUT2D eigenvalue weighted by Crippen LogP contribution is 2.24. The molecule has 14 heavy (non-hydrogen) atoms. The molecule has 1 heterocycles. The average molecular weight is 208 g/mol. The quantitative estimate of drug-likeness (QED) is 0.630. The van der Waals surface area contributed by atoms with Crippen molar-refractivity contribution < 1.29 is 0 Å². The Morgan fingerprint density at radius 2 is 1.86 bits per heavy atom. The number of rotatable bonds is 0. The molecule has 1 nitrogen and oxygen atoms in total. The molecule has 0 aliphatic carbocycles. The van der Waals surface area contributed by atoms with Crippen LogP contribution in [0.1, 0.15) is 19.4 Å². The highest BCUT2D eigenvalue weighted by atomic mass is 35.5. The highest BCUT2D eigenvalue weighted by Gasteiger charge is 2.00. The van der Waals surface area contributed by atoms with E-state index in [0.29, 0.717) is 0 Å². The van der Waals surface area contributed by atoms with E-state index in [1.54, 1.807) is 0 Å². The third-order valence-corrected chi connectivity index (χ3v) is 2.24. The van der Waals surface area contributed by atoms with E-state index in [1.165, 1.54) is 0 Å². The first-order valence-corrected chi connectivity index (χ1v) is 5.15. The molecule has 0 amide bonds. The predicted octanol–water partition coefficient (Wildman–Crippen LogP) is 4.22. The van der Waals surface area contributed by atoms with Crippen molar-refractivity contribution in [2.45, 2.75) is 20.8 Å². The van der Waals surface area contributed by atoms with Crippen LogP contribution in [0.3, 0.4) is 0 Å². The molecular weight excluding hydrogens is 194 g/mol. The van der Waals surface area contributed by atoms with Gasteiger partial charge in [-0.3, -0.25) is 4.98 Å². The fourth-order valence-electron chi connectivity index (χ4n) is 1.36. The summed E-state index contributed by atoms with van der Waals surface area (Å²) in [5.41, 5.74) is 1.12. The smallest absolute Gasteiger partial charge is 0.0488 e. The zero-order valence-corrected chi connectivity index (χ0v) is 9.47. The lowest BCUT2D eigenvalue weighted by atomic mass is 10.1. The minimum Gasteiger partial charge on any atom is -0.264 e. The van der Waals surface area contributed by atoms with Gasteiger partial charge < -0.3 is 0 Å². The first kappa shape index (κ1) is 11.0. The maximum atomic E-state index is 6.03. The van der Waals surface area contributed by atoms with Crippen molar-refractivity contribution in [3.8, 4) is 0 Å². The van der Waals surface area contributed by atoms with Crippen molar-refractivity contribution in [1.82, 2.24) is 4.98 Å². The Bertz CT molecular complexity index is 387. The van der Waals surface area contributed by atoms with Crippen molar-refractivity contribution in [2.75, 3.05) is 0 Å². The molecule has 0 bridgehead atoms. The summed E-state index contributed by atoms with van der Waals surface area (Å²) in [6.07, 6.45) is 3.66. The van der Waals surface area contributed by atoms with Gasteiger partial charge in [-0.05, 0) is 18.6 Å². The lowest BCUT2D eigenvalue weighted by molar-refractivity contribution is 1.31. The molecule has 0 fully saturated rings. The molecule has 0 unspecified atom stereocenters. The van der Waals surface area contributed by atoms with E-state index >= 15 is 0 Å². The Balaban J connectivity index is 0.000000461. The van der Waals surface area contributed by atoms with Crippen LogP contribution in [0.15, 0.2) is 30.6 Å². The summed E-state index contributed by atoms with van der Waals surface area (Å²) < 4.78 is 0. The fraction of sp³-hybridized carbons (Fsp3) is 0.250. The van der Waals surface area contributed by atoms with Crippen molar-refractivity contribution in [3.05, 3.63) is 41.2 Å². The van der Waals surface area contributed by atoms with Crippen LogP contribution in [0.5, 0.6) is 0 Å². The second kappa shape index (κ2) is 4.97. The molecule has 0 N–H and O–H groups in total. The summed E-state index contributed by atoms with van der Waals surface area (Å²) in [6.45, 7) is 6.02. The molecule has 0 saturated heterocycles. The number of halogens is 1. The standard InChI is InChI=1S/C10H8ClN.C2H6/c1-7-5-12-6-8-3-2-4-9(11)10(7)8;1-2/h2-6H,1H3;1-2H3. The summed E-state index contributed by atoms with van der Waals surface area (Å²) in [7, 11) is 0. The van der Waals surface area contributed by atoms with Gasteiger partial charge in [0.05, 0.1) is 0 Å². The summed E-state index contributed by atoms with van der Waals surface area (Å²) in [5, 5.41) is 3.00. The largest absolute Gasteiger partial charge is 0.264 e. The fourth-order valence-corrected chi connectivity index (χ4v) is 1.69. The van der Waals surface area contributed by atoms with Gasteiger partial charge in [-0.15, -0.1) is 0 Å². The first-order chi connectivity index (χ1) is 6.79. The van der Waals surface area contributed by atoms with Crippen LogP contribution in [0, 0.1) is 6.92 Å². The molecule has 2 heteroatoms. The molecular formula is C12H14ClN. The van der Waals surface area contributed by atoms with Gasteiger partial charge in [0, 0.05) is 28.2 Å². The van der Waals surface area contributed by atoms with Crippen LogP contribution < -0.4 is 0 Å². The summed E-state index contributed by atoms with van der Waals surface area (Å²) in [5.74, 6) is 0. The molecule has 0 saturated carbocycles. The third-order valence-electron chi connectivity index (χ3n) is 1.92. The number of hydrogen-bond acceptors (Lipinski definition) is 1. The molecule has 2 rings (SSSR count). The normalized spacial score (nSPS) is 9.43. The Morgan fingerprint density at radius 1 is 1.14 bits per heavy atom. The number of aryl methyl sites for hydroxylation is 1. The van der Waals surface area contributed by atoms with E-state index < -0.39 is 0 Å². The van der Waals surface area contributed by atoms with Crippen LogP contribution in [-0.2, 0) is 0 Å². The van der Waals surface area contributed by atoms with Gasteiger partial charge in [0.1, 0.15) is 0 Å². The summed E-state index contributed by atoms with van der Waals surface area (Å²) >= 11 is 6.03. The molecule has 0 atom stereocenters. The van der Waals surface area contributed by atoms with Crippen molar-refractivity contribution in [3.63, 3.8) is 0 Å². The second-order valence-electron chi connectivity index (χ2n) is 2.79. The number of nitrogens with zero attached hydrogens (tertiary/aromatic N) is 1. The van der Waals surface area contributed by atoms with Gasteiger partial charge >= 0.3 is 0 Å². The number of pyridine rings is 1. The SMILES string of the molecule is CC.Cc1cncc2cccc(Cl)c12. The highest BCUT2D eigenvalue weighted by molar-refractivity contribution is 6.35. The summed E-state index contributed by atoms with van der Waals surface area (Å²) in [6, 6.07) is 5.85. The average Bonchev–Trinajstić information content (AvgIpc) is 2.21. The Morgan fingerprint density at radius 3 is 2.50 bits per heavy atom. The second-order valence-corrected chi connectivity index (χ2v) is 3.20. The molecule has 0 spiro atoms. The van der Waals surface area contributed by atoms with Crippen LogP contribution >= 0.6 is 11.6 Å². The van der Waals surface area contributed by atoms with E-state index in [9.17, 15) is 0 Å². The number of benzene rings is 1. The van der Waals surface area contributed by atoms with Gasteiger partial charge in [0.15, 0.2) is 0 Å². The third kappa shape index (κ3) is 2.05. The molecule has 0 radical (unpaired) electrons. The Kier molecular flexibility index (Phi) is 3.90. The Hall–Kier alpha value is -1.08. The summed E-state index contributed by atoms with van der Waals surface area (Å²) in [4.78, 5) is 4.09. The van der Waals surface area contributed by atoms with Crippen molar-refractivity contribution >= 4 is 22.4 Å². The van der Waals surface area contributed by atoms with Crippen LogP contribution in [0.25, 0.3) is 10.8 Å². The maximum Gasteiger partial charge on any atom is 0.0488 e. The van der Waals surface area contributed by atoms with Crippen molar-refractivity contribution in [2.24, 2.45) is 0 Å². The topological polar surface area (TPSA) is 12.9 Å². The van der Waals surface area contributed by atoms with E-state index in [0.717, 1.165) is 21.4 Å². The zero-order valence-electron chi connectivity index (χ0n) is 8.71. The van der Waals surface area contributed by atoms with E-state index in [4.69, 9.17) is 11.6 Å². The van der Waals surface area contributed by atoms with Crippen molar-refractivity contribution in [1.29, 1.82) is 0 Å². The van der Waals surface area contributed by atoms with Gasteiger partial charge in [0.2, 0.25) is 0 Å². The van der Waals surface area contributed by atoms with Gasteiger partial charge in [-0.25, -0.2) is 0 Å². The van der Waals surface area contributed by atoms with Gasteiger partial charge in [-0.2, -0.15) is 0 Å². The molecule has 74 valence electrons. The molecule has 0 aliphatic heterocycles. The zero-order chi connectivity index (χ0) is 10.6. The van der Waals surface area contributed by atoms with Gasteiger partial charge in [0.25, 0.3) is 0 Å². The lowest BCUT2D eigenvalue weighted by Crippen LogP contribution is -1.81. The number of aromatic nitrogens is 1. The van der Waals surface area contributed by atoms with E-state index in [1.807, 2.05) is 51.4 Å². The molecule has 1 aromatic carbocycles. The number of hydrogen-bond donors (Lipinski definition) is 0. The monoisotopic (exact) mass is 207 g/mol. The van der Waals surface area contributed by atoms with Crippen LogP contribution in [0.4, 0.5) is 0 Å². The van der Waals surface area contributed by atoms with Gasteiger partial charge in [-0.1, -0.05) is 37.6 Å². The minimum atomic E-state index is 0.799. The minimum absolute atomic E-state index is 0.799. The first-order valence-electron chi connectivity index (χ1n) is 4.78. The molecule has 1 aromatic heterocycles. The van der Waals surface area contributed by atoms with E-state index in [-0.39, 0.29) is 0 Å². The van der Waals surface area contributed by atoms with Crippen LogP contribution in [0.2, 0.25) is 5.02 Å². The predicted molar refractivity (Wildman–Crippen MR) is 62.8 cm³/mol. The molecule has 0 aliphatic rings. The van der Waals surface area contributed by atoms with E-state index in [2.05, 4.69) is 4.98 Å². The maximum absolute atomic E-state index is 6.03.